The molecular weight excluding hydrogens is 316 g/mol. The molecule has 2 N–H and O–H groups in total. The van der Waals surface area contributed by atoms with E-state index in [1.165, 1.54) is 6.92 Å². The monoisotopic (exact) mass is 336 g/mol. The van der Waals surface area contributed by atoms with Gasteiger partial charge in [-0.3, -0.25) is 9.59 Å². The molecule has 6 heteroatoms. The lowest BCUT2D eigenvalue weighted by molar-refractivity contribution is -0.124. The first-order chi connectivity index (χ1) is 12.0. The quantitative estimate of drug-likeness (QED) is 0.769. The second-order valence-corrected chi connectivity index (χ2v) is 5.97. The van der Waals surface area contributed by atoms with Crippen LogP contribution >= 0.6 is 0 Å². The molecule has 0 aliphatic carbocycles. The number of para-hydroxylation sites is 2. The highest BCUT2D eigenvalue weighted by Gasteiger charge is 2.14. The highest BCUT2D eigenvalue weighted by Crippen LogP contribution is 2.24. The Morgan fingerprint density at radius 1 is 1.08 bits per heavy atom. The first kappa shape index (κ1) is 16.7. The van der Waals surface area contributed by atoms with Crippen molar-refractivity contribution >= 4 is 28.5 Å². The molecule has 128 valence electrons. The van der Waals surface area contributed by atoms with Gasteiger partial charge in [-0.1, -0.05) is 12.1 Å². The fourth-order valence-electron chi connectivity index (χ4n) is 2.73. The number of benzene rings is 2. The predicted octanol–water partition coefficient (Wildman–Crippen LogP) is 2.70. The van der Waals surface area contributed by atoms with Crippen molar-refractivity contribution < 1.29 is 9.59 Å². The van der Waals surface area contributed by atoms with Crippen LogP contribution in [-0.4, -0.2) is 27.4 Å². The Hall–Kier alpha value is -3.15. The van der Waals surface area contributed by atoms with Gasteiger partial charge in [0.15, 0.2) is 0 Å². The zero-order chi connectivity index (χ0) is 18.0. The van der Waals surface area contributed by atoms with Gasteiger partial charge < -0.3 is 15.2 Å². The summed E-state index contributed by atoms with van der Waals surface area (Å²) in [5.74, 6) is 0.371. The molecule has 6 nitrogen and oxygen atoms in total. The van der Waals surface area contributed by atoms with E-state index in [1.807, 2.05) is 60.1 Å². The van der Waals surface area contributed by atoms with Gasteiger partial charge >= 0.3 is 0 Å². The zero-order valence-electron chi connectivity index (χ0n) is 14.4. The summed E-state index contributed by atoms with van der Waals surface area (Å²) in [4.78, 5) is 27.7. The van der Waals surface area contributed by atoms with E-state index in [0.29, 0.717) is 5.69 Å². The summed E-state index contributed by atoms with van der Waals surface area (Å²) in [5.41, 5.74) is 3.65. The van der Waals surface area contributed by atoms with Crippen LogP contribution in [0.4, 0.5) is 5.69 Å². The summed E-state index contributed by atoms with van der Waals surface area (Å²) in [6.45, 7) is 3.03. The van der Waals surface area contributed by atoms with Crippen LogP contribution in [0.3, 0.4) is 0 Å². The van der Waals surface area contributed by atoms with Crippen LogP contribution in [0.2, 0.25) is 0 Å². The molecule has 1 heterocycles. The number of amides is 2. The van der Waals surface area contributed by atoms with Gasteiger partial charge in [0, 0.05) is 25.2 Å². The van der Waals surface area contributed by atoms with Crippen molar-refractivity contribution in [1.82, 2.24) is 14.9 Å². The maximum Gasteiger partial charge on any atom is 0.246 e. The first-order valence-corrected chi connectivity index (χ1v) is 8.05. The standard InChI is InChI=1S/C19H20N4O2/c1-12(20-13(2)24)19(25)21-15-10-8-14(9-11-15)18-22-16-6-4-5-7-17(16)23(18)3/h4-12H,1-3H3,(H,20,24)(H,21,25). The number of rotatable bonds is 4. The number of nitrogens with zero attached hydrogens (tertiary/aromatic N) is 2. The van der Waals surface area contributed by atoms with E-state index in [0.717, 1.165) is 22.4 Å². The van der Waals surface area contributed by atoms with Crippen molar-refractivity contribution in [3.63, 3.8) is 0 Å². The van der Waals surface area contributed by atoms with Gasteiger partial charge in [-0.2, -0.15) is 0 Å². The maximum absolute atomic E-state index is 12.0. The van der Waals surface area contributed by atoms with E-state index < -0.39 is 6.04 Å². The fourth-order valence-corrected chi connectivity index (χ4v) is 2.73. The lowest BCUT2D eigenvalue weighted by Crippen LogP contribution is -2.40. The molecule has 1 atom stereocenters. The molecule has 3 aromatic rings. The normalized spacial score (nSPS) is 12.0. The van der Waals surface area contributed by atoms with Crippen LogP contribution in [0, 0.1) is 0 Å². The van der Waals surface area contributed by atoms with E-state index in [4.69, 9.17) is 0 Å². The van der Waals surface area contributed by atoms with Crippen molar-refractivity contribution in [1.29, 1.82) is 0 Å². The number of anilines is 1. The number of aryl methyl sites for hydroxylation is 1. The minimum absolute atomic E-state index is 0.236. The Morgan fingerprint density at radius 3 is 2.40 bits per heavy atom. The van der Waals surface area contributed by atoms with Crippen molar-refractivity contribution in [2.75, 3.05) is 5.32 Å². The van der Waals surface area contributed by atoms with Gasteiger partial charge in [0.2, 0.25) is 11.8 Å². The van der Waals surface area contributed by atoms with Crippen LogP contribution in [0.25, 0.3) is 22.4 Å². The van der Waals surface area contributed by atoms with Gasteiger partial charge in [-0.15, -0.1) is 0 Å². The van der Waals surface area contributed by atoms with Crippen molar-refractivity contribution in [2.45, 2.75) is 19.9 Å². The molecule has 0 bridgehead atoms. The molecule has 1 unspecified atom stereocenters. The summed E-state index contributed by atoms with van der Waals surface area (Å²) in [6.07, 6.45) is 0. The second kappa shape index (κ2) is 6.76. The Bertz CT molecular complexity index is 928. The largest absolute Gasteiger partial charge is 0.345 e. The fraction of sp³-hybridized carbons (Fsp3) is 0.211. The van der Waals surface area contributed by atoms with Gasteiger partial charge in [-0.25, -0.2) is 4.98 Å². The molecule has 0 saturated carbocycles. The third kappa shape index (κ3) is 3.52. The number of aromatic nitrogens is 2. The lowest BCUT2D eigenvalue weighted by Gasteiger charge is -2.13. The predicted molar refractivity (Wildman–Crippen MR) is 98.1 cm³/mol. The van der Waals surface area contributed by atoms with Crippen molar-refractivity contribution in [3.05, 3.63) is 48.5 Å². The van der Waals surface area contributed by atoms with Gasteiger partial charge in [0.1, 0.15) is 11.9 Å². The van der Waals surface area contributed by atoms with Crippen LogP contribution in [-0.2, 0) is 16.6 Å². The number of fused-ring (bicyclic) bond motifs is 1. The number of nitrogens with one attached hydrogen (secondary N) is 2. The molecule has 3 rings (SSSR count). The molecule has 0 aliphatic rings. The van der Waals surface area contributed by atoms with Crippen LogP contribution in [0.15, 0.2) is 48.5 Å². The maximum atomic E-state index is 12.0. The summed E-state index contributed by atoms with van der Waals surface area (Å²) in [5, 5.41) is 5.34. The van der Waals surface area contributed by atoms with E-state index in [9.17, 15) is 9.59 Å². The molecule has 0 fully saturated rings. The number of hydrogen-bond acceptors (Lipinski definition) is 3. The minimum Gasteiger partial charge on any atom is -0.345 e. The number of carbonyl (C=O) groups excluding carboxylic acids is 2. The topological polar surface area (TPSA) is 76.0 Å². The SMILES string of the molecule is CC(=O)NC(C)C(=O)Nc1ccc(-c2nc3ccccc3n2C)cc1. The van der Waals surface area contributed by atoms with E-state index >= 15 is 0 Å². The van der Waals surface area contributed by atoms with Crippen molar-refractivity contribution in [2.24, 2.45) is 7.05 Å². The van der Waals surface area contributed by atoms with Crippen LogP contribution in [0.5, 0.6) is 0 Å². The number of imidazole rings is 1. The Morgan fingerprint density at radius 2 is 1.76 bits per heavy atom. The third-order valence-corrected chi connectivity index (χ3v) is 4.01. The first-order valence-electron chi connectivity index (χ1n) is 8.05. The van der Waals surface area contributed by atoms with E-state index in [2.05, 4.69) is 15.6 Å². The number of hydrogen-bond donors (Lipinski definition) is 2. The van der Waals surface area contributed by atoms with E-state index in [-0.39, 0.29) is 11.8 Å². The van der Waals surface area contributed by atoms with Crippen LogP contribution in [0.1, 0.15) is 13.8 Å². The highest BCUT2D eigenvalue weighted by atomic mass is 16.2. The molecule has 0 saturated heterocycles. The Kier molecular flexibility index (Phi) is 4.52. The minimum atomic E-state index is -0.586. The molecule has 2 aromatic carbocycles. The summed E-state index contributed by atoms with van der Waals surface area (Å²) in [6, 6.07) is 14.9. The molecule has 0 aliphatic heterocycles. The van der Waals surface area contributed by atoms with Gasteiger partial charge in [0.05, 0.1) is 11.0 Å². The summed E-state index contributed by atoms with van der Waals surface area (Å²) < 4.78 is 2.04. The van der Waals surface area contributed by atoms with E-state index in [1.54, 1.807) is 6.92 Å². The lowest BCUT2D eigenvalue weighted by atomic mass is 10.2. The second-order valence-electron chi connectivity index (χ2n) is 5.97. The highest BCUT2D eigenvalue weighted by molar-refractivity contribution is 5.96. The summed E-state index contributed by atoms with van der Waals surface area (Å²) in [7, 11) is 1.98. The summed E-state index contributed by atoms with van der Waals surface area (Å²) >= 11 is 0. The molecule has 0 spiro atoms. The van der Waals surface area contributed by atoms with Gasteiger partial charge in [-0.05, 0) is 43.3 Å². The zero-order valence-corrected chi connectivity index (χ0v) is 14.4. The molecular formula is C19H20N4O2. The Balaban J connectivity index is 1.79. The van der Waals surface area contributed by atoms with Crippen LogP contribution < -0.4 is 10.6 Å². The molecule has 2 amide bonds. The third-order valence-electron chi connectivity index (χ3n) is 4.01. The average molecular weight is 336 g/mol. The Labute approximate surface area is 145 Å². The van der Waals surface area contributed by atoms with Crippen molar-refractivity contribution in [3.8, 4) is 11.4 Å². The molecule has 0 radical (unpaired) electrons. The smallest absolute Gasteiger partial charge is 0.246 e. The average Bonchev–Trinajstić information content (AvgIpc) is 2.92. The molecule has 25 heavy (non-hydrogen) atoms. The van der Waals surface area contributed by atoms with Gasteiger partial charge in [0.25, 0.3) is 0 Å². The number of carbonyl (C=O) groups is 2. The molecule has 1 aromatic heterocycles.